The molecule has 1 N–H and O–H groups in total. The molecule has 21 heavy (non-hydrogen) atoms. The van der Waals surface area contributed by atoms with Crippen LogP contribution in [0.15, 0.2) is 24.4 Å². The molecule has 1 aliphatic rings. The lowest BCUT2D eigenvalue weighted by atomic mass is 10.2. The van der Waals surface area contributed by atoms with E-state index >= 15 is 0 Å². The van der Waals surface area contributed by atoms with Gasteiger partial charge in [0.2, 0.25) is 11.2 Å². The van der Waals surface area contributed by atoms with Gasteiger partial charge in [-0.05, 0) is 57.4 Å². The number of rotatable bonds is 0. The molecule has 1 aromatic rings. The maximum atomic E-state index is 10.6. The second-order valence-corrected chi connectivity index (χ2v) is 10.2. The van der Waals surface area contributed by atoms with Crippen molar-refractivity contribution in [2.24, 2.45) is 0 Å². The Hall–Kier alpha value is -0.360. The number of hydrogen-bond acceptors (Lipinski definition) is 5. The molecule has 0 saturated carbocycles. The Kier molecular flexibility index (Phi) is 7.04. The van der Waals surface area contributed by atoms with Crippen LogP contribution in [0.2, 0.25) is 10.4 Å². The van der Waals surface area contributed by atoms with Crippen LogP contribution in [0, 0.1) is 0 Å². The molecule has 0 bridgehead atoms. The molecular weight excluding hydrogens is 406 g/mol. The molecular formula is C9H7Cl5N3O3P. The van der Waals surface area contributed by atoms with Crippen molar-refractivity contribution >= 4 is 73.8 Å². The van der Waals surface area contributed by atoms with E-state index < -0.39 is 29.1 Å². The highest BCUT2D eigenvalue weighted by atomic mass is 36.0. The van der Waals surface area contributed by atoms with Crippen LogP contribution in [0.25, 0.3) is 0 Å². The van der Waals surface area contributed by atoms with Gasteiger partial charge in [0, 0.05) is 12.3 Å². The molecule has 6 nitrogen and oxygen atoms in total. The Labute approximate surface area is 150 Å². The van der Waals surface area contributed by atoms with E-state index in [0.29, 0.717) is 0 Å². The maximum absolute atomic E-state index is 10.6. The minimum Gasteiger partial charge on any atom is -0.332 e. The highest BCUT2D eigenvalue weighted by Crippen LogP contribution is 2.61. The summed E-state index contributed by atoms with van der Waals surface area (Å²) in [5.41, 5.74) is 0. The van der Waals surface area contributed by atoms with Crippen molar-refractivity contribution in [3.05, 3.63) is 34.9 Å². The van der Waals surface area contributed by atoms with E-state index in [1.807, 2.05) is 0 Å². The highest BCUT2D eigenvalue weighted by Gasteiger charge is 2.08. The fourth-order valence-electron chi connectivity index (χ4n) is 0.659. The first kappa shape index (κ1) is 14.2. The maximum Gasteiger partial charge on any atom is 0.339 e. The van der Waals surface area contributed by atoms with Gasteiger partial charge in [0.1, 0.15) is 5.15 Å². The first-order chi connectivity index (χ1) is 11.2. The molecule has 12 heteroatoms. The molecule has 0 unspecified atom stereocenters. The summed E-state index contributed by atoms with van der Waals surface area (Å²) >= 11 is 24.5. The standard InChI is InChI=1S/C5H5NO2.C4H2Cl2N2.Cl3OP/c7-4-1-2-6-5(8)3-4;5-3-1-2-7-4(6)8-3;1-5(2,3)4/h1-2H,3H2,(H,6,8);1-2H;/i2*1D,2D;. The third kappa shape index (κ3) is 15.8. The Morgan fingerprint density at radius 1 is 1.29 bits per heavy atom. The quantitative estimate of drug-likeness (QED) is 0.296. The van der Waals surface area contributed by atoms with Crippen molar-refractivity contribution in [2.75, 3.05) is 0 Å². The van der Waals surface area contributed by atoms with Crippen LogP contribution >= 0.6 is 62.1 Å². The third-order valence-corrected chi connectivity index (χ3v) is 1.57. The number of amides is 1. The minimum atomic E-state index is -3.22. The van der Waals surface area contributed by atoms with E-state index in [9.17, 15) is 14.2 Å². The number of nitrogens with one attached hydrogen (secondary N) is 1. The topological polar surface area (TPSA) is 89.0 Å². The molecule has 116 valence electrons. The largest absolute Gasteiger partial charge is 0.339 e. The molecule has 0 aromatic carbocycles. The van der Waals surface area contributed by atoms with E-state index in [2.05, 4.69) is 49.0 Å². The van der Waals surface area contributed by atoms with E-state index in [0.717, 1.165) is 0 Å². The zero-order valence-corrected chi connectivity index (χ0v) is 14.3. The number of allylic oxidation sites excluding steroid dienone is 1. The summed E-state index contributed by atoms with van der Waals surface area (Å²) in [7, 11) is 0. The van der Waals surface area contributed by atoms with E-state index in [-0.39, 0.29) is 29.1 Å². The lowest BCUT2D eigenvalue weighted by Crippen LogP contribution is -2.24. The van der Waals surface area contributed by atoms with Crippen molar-refractivity contribution in [3.8, 4) is 0 Å². The van der Waals surface area contributed by atoms with Gasteiger partial charge >= 0.3 is 5.20 Å². The summed E-state index contributed by atoms with van der Waals surface area (Å²) in [6.07, 6.45) is -0.965. The van der Waals surface area contributed by atoms with Crippen molar-refractivity contribution in [3.63, 3.8) is 0 Å². The Bertz CT molecular complexity index is 729. The van der Waals surface area contributed by atoms with Crippen molar-refractivity contribution in [1.29, 1.82) is 0 Å². The number of carbonyl (C=O) groups is 2. The normalized spacial score (nSPS) is 17.0. The van der Waals surface area contributed by atoms with Crippen LogP contribution < -0.4 is 5.32 Å². The highest BCUT2D eigenvalue weighted by molar-refractivity contribution is 8.24. The first-order valence-electron chi connectivity index (χ1n) is 6.58. The zero-order chi connectivity index (χ0) is 19.9. The zero-order valence-electron chi connectivity index (χ0n) is 13.7. The van der Waals surface area contributed by atoms with Gasteiger partial charge in [0.05, 0.1) is 11.9 Å². The van der Waals surface area contributed by atoms with E-state index in [1.54, 1.807) is 0 Å². The van der Waals surface area contributed by atoms with Crippen LogP contribution in [0.4, 0.5) is 0 Å². The minimum absolute atomic E-state index is 0.0926. The van der Waals surface area contributed by atoms with Crippen LogP contribution in [-0.4, -0.2) is 21.7 Å². The summed E-state index contributed by atoms with van der Waals surface area (Å²) in [4.78, 5) is 27.9. The third-order valence-electron chi connectivity index (χ3n) is 1.22. The second-order valence-electron chi connectivity index (χ2n) is 2.82. The van der Waals surface area contributed by atoms with E-state index in [4.69, 9.17) is 28.7 Å². The van der Waals surface area contributed by atoms with Crippen molar-refractivity contribution in [1.82, 2.24) is 15.3 Å². The predicted molar refractivity (Wildman–Crippen MR) is 84.1 cm³/mol. The molecule has 2 heterocycles. The van der Waals surface area contributed by atoms with Gasteiger partial charge < -0.3 is 5.32 Å². The SMILES string of the molecule is O=P(Cl)(Cl)Cl.[2H]C1=C([2H])C(=O)CC(=O)N1.[2H]c1nc(Cl)nc(Cl)c1[2H]. The van der Waals surface area contributed by atoms with Gasteiger partial charge in [-0.25, -0.2) is 9.97 Å². The first-order valence-corrected chi connectivity index (χ1v) is 9.76. The summed E-state index contributed by atoms with van der Waals surface area (Å²) < 4.78 is 37.3. The Morgan fingerprint density at radius 2 is 1.86 bits per heavy atom. The summed E-state index contributed by atoms with van der Waals surface area (Å²) in [5.74, 6) is -1.10. The van der Waals surface area contributed by atoms with Gasteiger partial charge in [-0.3, -0.25) is 14.2 Å². The van der Waals surface area contributed by atoms with Crippen LogP contribution in [0.5, 0.6) is 0 Å². The molecule has 0 fully saturated rings. The fraction of sp³-hybridized carbons (Fsp3) is 0.111. The van der Waals surface area contributed by atoms with Gasteiger partial charge in [-0.15, -0.1) is 0 Å². The fourth-order valence-corrected chi connectivity index (χ4v) is 0.951. The Morgan fingerprint density at radius 3 is 2.33 bits per heavy atom. The summed E-state index contributed by atoms with van der Waals surface area (Å²) in [6, 6.07) is -0.620. The average Bonchev–Trinajstić information content (AvgIpc) is 2.40. The molecule has 0 spiro atoms. The van der Waals surface area contributed by atoms with Gasteiger partial charge in [-0.1, -0.05) is 11.6 Å². The lowest BCUT2D eigenvalue weighted by molar-refractivity contribution is -0.126. The lowest BCUT2D eigenvalue weighted by Gasteiger charge is -2.00. The number of ketones is 1. The van der Waals surface area contributed by atoms with Gasteiger partial charge in [0.15, 0.2) is 5.78 Å². The molecule has 1 aromatic heterocycles. The van der Waals surface area contributed by atoms with E-state index in [1.165, 1.54) is 0 Å². The van der Waals surface area contributed by atoms with Crippen molar-refractivity contribution in [2.45, 2.75) is 6.42 Å². The predicted octanol–water partition coefficient (Wildman–Crippen LogP) is 4.18. The molecule has 0 saturated heterocycles. The average molecular weight is 417 g/mol. The van der Waals surface area contributed by atoms with Crippen LogP contribution in [0.3, 0.4) is 0 Å². The smallest absolute Gasteiger partial charge is 0.332 e. The van der Waals surface area contributed by atoms with Gasteiger partial charge in [0.25, 0.3) is 0 Å². The molecule has 0 radical (unpaired) electrons. The number of halogens is 5. The molecule has 1 amide bonds. The molecule has 2 rings (SSSR count). The van der Waals surface area contributed by atoms with Crippen LogP contribution in [0.1, 0.15) is 11.9 Å². The second kappa shape index (κ2) is 10.4. The number of hydrogen-bond donors (Lipinski definition) is 1. The Balaban J connectivity index is 0.000000368. The number of nitrogens with zero attached hydrogens (tertiary/aromatic N) is 2. The van der Waals surface area contributed by atoms with Crippen molar-refractivity contribution < 1.29 is 19.6 Å². The monoisotopic (exact) mass is 415 g/mol. The number of aromatic nitrogens is 2. The molecule has 0 aliphatic carbocycles. The summed E-state index contributed by atoms with van der Waals surface area (Å²) in [5, 5.41) is -1.36. The molecule has 1 aliphatic heterocycles. The number of carbonyl (C=O) groups excluding carboxylic acids is 2. The molecule has 0 atom stereocenters. The summed E-state index contributed by atoms with van der Waals surface area (Å²) in [6.45, 7) is 0. The van der Waals surface area contributed by atoms with Crippen LogP contribution in [-0.2, 0) is 14.2 Å². The van der Waals surface area contributed by atoms with Gasteiger partial charge in [-0.2, -0.15) is 0 Å².